The number of aromatic nitrogens is 2. The van der Waals surface area contributed by atoms with Crippen molar-refractivity contribution in [1.29, 1.82) is 0 Å². The van der Waals surface area contributed by atoms with Crippen LogP contribution in [0.4, 0.5) is 0 Å². The molecule has 0 spiro atoms. The minimum Gasteiger partial charge on any atom is -0.492 e. The highest BCUT2D eigenvalue weighted by Crippen LogP contribution is 2.17. The molecule has 0 radical (unpaired) electrons. The minimum absolute atomic E-state index is 0.0246. The van der Waals surface area contributed by atoms with E-state index in [2.05, 4.69) is 22.9 Å². The number of para-hydroxylation sites is 2. The van der Waals surface area contributed by atoms with Crippen molar-refractivity contribution in [2.75, 3.05) is 13.2 Å². The largest absolute Gasteiger partial charge is 0.492 e. The maximum absolute atomic E-state index is 12.3. The second kappa shape index (κ2) is 9.94. The van der Waals surface area contributed by atoms with E-state index in [0.29, 0.717) is 32.5 Å². The van der Waals surface area contributed by atoms with Crippen LogP contribution in [0.5, 0.6) is 5.75 Å². The second-order valence-corrected chi connectivity index (χ2v) is 7.59. The van der Waals surface area contributed by atoms with Gasteiger partial charge >= 0.3 is 0 Å². The molecule has 0 bridgehead atoms. The third-order valence-corrected chi connectivity index (χ3v) is 5.22. The SMILES string of the molecule is Cc1ccc(OCCn2c(CCNC(=O)Cc3ccccc3)nc3ccccc32)cc1. The van der Waals surface area contributed by atoms with E-state index in [1.165, 1.54) is 5.56 Å². The van der Waals surface area contributed by atoms with Gasteiger partial charge in [-0.2, -0.15) is 0 Å². The van der Waals surface area contributed by atoms with Crippen LogP contribution in [0.15, 0.2) is 78.9 Å². The standard InChI is InChI=1S/C26H27N3O2/c1-20-11-13-22(14-12-20)31-18-17-29-24-10-6-5-9-23(24)28-25(29)15-16-27-26(30)19-21-7-3-2-4-8-21/h2-14H,15-19H2,1H3,(H,27,30). The number of aryl methyl sites for hydroxylation is 1. The maximum Gasteiger partial charge on any atom is 0.224 e. The molecule has 0 aliphatic rings. The summed E-state index contributed by atoms with van der Waals surface area (Å²) in [6, 6.07) is 26.0. The van der Waals surface area contributed by atoms with Crippen LogP contribution in [0.2, 0.25) is 0 Å². The van der Waals surface area contributed by atoms with Gasteiger partial charge in [-0.25, -0.2) is 4.98 Å². The average Bonchev–Trinajstić information content (AvgIpc) is 3.13. The molecule has 0 fully saturated rings. The molecule has 0 aliphatic carbocycles. The highest BCUT2D eigenvalue weighted by atomic mass is 16.5. The Morgan fingerprint density at radius 1 is 0.968 bits per heavy atom. The number of imidazole rings is 1. The van der Waals surface area contributed by atoms with Crippen molar-refractivity contribution in [3.63, 3.8) is 0 Å². The Hall–Kier alpha value is -3.60. The van der Waals surface area contributed by atoms with E-state index in [1.807, 2.05) is 72.8 Å². The summed E-state index contributed by atoms with van der Waals surface area (Å²) in [6.45, 7) is 3.86. The predicted octanol–water partition coefficient (Wildman–Crippen LogP) is 4.33. The van der Waals surface area contributed by atoms with Crippen LogP contribution in [-0.4, -0.2) is 28.6 Å². The molecule has 1 N–H and O–H groups in total. The molecule has 5 heteroatoms. The van der Waals surface area contributed by atoms with Crippen LogP contribution >= 0.6 is 0 Å². The molecule has 4 aromatic rings. The zero-order chi connectivity index (χ0) is 21.5. The van der Waals surface area contributed by atoms with Crippen molar-refractivity contribution in [2.24, 2.45) is 0 Å². The molecule has 0 aliphatic heterocycles. The first-order valence-corrected chi connectivity index (χ1v) is 10.6. The molecule has 5 nitrogen and oxygen atoms in total. The number of amides is 1. The lowest BCUT2D eigenvalue weighted by Gasteiger charge is -2.11. The summed E-state index contributed by atoms with van der Waals surface area (Å²) in [4.78, 5) is 17.0. The van der Waals surface area contributed by atoms with Crippen molar-refractivity contribution in [2.45, 2.75) is 26.3 Å². The number of fused-ring (bicyclic) bond motifs is 1. The summed E-state index contributed by atoms with van der Waals surface area (Å²) >= 11 is 0. The Morgan fingerprint density at radius 2 is 1.71 bits per heavy atom. The maximum atomic E-state index is 12.3. The number of ether oxygens (including phenoxy) is 1. The van der Waals surface area contributed by atoms with Gasteiger partial charge < -0.3 is 14.6 Å². The van der Waals surface area contributed by atoms with Gasteiger partial charge in [-0.3, -0.25) is 4.79 Å². The van der Waals surface area contributed by atoms with Crippen molar-refractivity contribution in [3.05, 3.63) is 95.8 Å². The van der Waals surface area contributed by atoms with Gasteiger partial charge in [0, 0.05) is 13.0 Å². The summed E-state index contributed by atoms with van der Waals surface area (Å²) in [7, 11) is 0. The molecule has 4 rings (SSSR count). The Labute approximate surface area is 182 Å². The topological polar surface area (TPSA) is 56.1 Å². The summed E-state index contributed by atoms with van der Waals surface area (Å²) in [5, 5.41) is 3.01. The van der Waals surface area contributed by atoms with Gasteiger partial charge in [0.05, 0.1) is 24.0 Å². The van der Waals surface area contributed by atoms with Crippen molar-refractivity contribution < 1.29 is 9.53 Å². The fourth-order valence-electron chi connectivity index (χ4n) is 3.61. The third kappa shape index (κ3) is 5.51. The molecule has 1 aromatic heterocycles. The van der Waals surface area contributed by atoms with Gasteiger partial charge in [0.15, 0.2) is 0 Å². The lowest BCUT2D eigenvalue weighted by atomic mass is 10.1. The van der Waals surface area contributed by atoms with E-state index < -0.39 is 0 Å². The number of benzene rings is 3. The second-order valence-electron chi connectivity index (χ2n) is 7.59. The van der Waals surface area contributed by atoms with E-state index in [0.717, 1.165) is 28.2 Å². The summed E-state index contributed by atoms with van der Waals surface area (Å²) < 4.78 is 8.12. The molecular weight excluding hydrogens is 386 g/mol. The van der Waals surface area contributed by atoms with E-state index in [9.17, 15) is 4.79 Å². The number of hydrogen-bond acceptors (Lipinski definition) is 3. The van der Waals surface area contributed by atoms with Crippen LogP contribution in [0.3, 0.4) is 0 Å². The molecule has 158 valence electrons. The number of rotatable bonds is 9. The monoisotopic (exact) mass is 413 g/mol. The number of carbonyl (C=O) groups excluding carboxylic acids is 1. The molecule has 31 heavy (non-hydrogen) atoms. The Morgan fingerprint density at radius 3 is 2.52 bits per heavy atom. The average molecular weight is 414 g/mol. The van der Waals surface area contributed by atoms with Crippen molar-refractivity contribution >= 4 is 16.9 Å². The zero-order valence-electron chi connectivity index (χ0n) is 17.8. The normalized spacial score (nSPS) is 10.9. The van der Waals surface area contributed by atoms with Gasteiger partial charge in [-0.15, -0.1) is 0 Å². The number of hydrogen-bond donors (Lipinski definition) is 1. The summed E-state index contributed by atoms with van der Waals surface area (Å²) in [5.74, 6) is 1.84. The van der Waals surface area contributed by atoms with E-state index >= 15 is 0 Å². The predicted molar refractivity (Wildman–Crippen MR) is 123 cm³/mol. The fraction of sp³-hybridized carbons (Fsp3) is 0.231. The molecule has 0 saturated heterocycles. The number of nitrogens with one attached hydrogen (secondary N) is 1. The van der Waals surface area contributed by atoms with Gasteiger partial charge in [0.2, 0.25) is 5.91 Å². The Bertz CT molecular complexity index is 1130. The van der Waals surface area contributed by atoms with Crippen LogP contribution in [0.25, 0.3) is 11.0 Å². The van der Waals surface area contributed by atoms with Crippen molar-refractivity contribution in [3.8, 4) is 5.75 Å². The minimum atomic E-state index is 0.0246. The molecule has 0 atom stereocenters. The lowest BCUT2D eigenvalue weighted by Crippen LogP contribution is -2.28. The lowest BCUT2D eigenvalue weighted by molar-refractivity contribution is -0.120. The summed E-state index contributed by atoms with van der Waals surface area (Å²) in [6.07, 6.45) is 1.06. The fourth-order valence-corrected chi connectivity index (χ4v) is 3.61. The van der Waals surface area contributed by atoms with Gasteiger partial charge in [-0.05, 0) is 36.8 Å². The molecule has 0 unspecified atom stereocenters. The number of nitrogens with zero attached hydrogens (tertiary/aromatic N) is 2. The van der Waals surface area contributed by atoms with E-state index in [4.69, 9.17) is 9.72 Å². The van der Waals surface area contributed by atoms with Crippen LogP contribution in [0.1, 0.15) is 17.0 Å². The molecule has 1 amide bonds. The molecule has 0 saturated carbocycles. The van der Waals surface area contributed by atoms with Gasteiger partial charge in [0.25, 0.3) is 0 Å². The Kier molecular flexibility index (Phi) is 6.62. The van der Waals surface area contributed by atoms with Crippen LogP contribution < -0.4 is 10.1 Å². The smallest absolute Gasteiger partial charge is 0.224 e. The summed E-state index contributed by atoms with van der Waals surface area (Å²) in [5.41, 5.74) is 4.27. The van der Waals surface area contributed by atoms with Crippen molar-refractivity contribution in [1.82, 2.24) is 14.9 Å². The van der Waals surface area contributed by atoms with Gasteiger partial charge in [0.1, 0.15) is 18.2 Å². The first-order chi connectivity index (χ1) is 15.2. The van der Waals surface area contributed by atoms with E-state index in [-0.39, 0.29) is 5.91 Å². The van der Waals surface area contributed by atoms with Gasteiger partial charge in [-0.1, -0.05) is 60.2 Å². The molecule has 3 aromatic carbocycles. The molecule has 1 heterocycles. The van der Waals surface area contributed by atoms with Crippen LogP contribution in [0, 0.1) is 6.92 Å². The highest BCUT2D eigenvalue weighted by molar-refractivity contribution is 5.78. The molecular formula is C26H27N3O2. The highest BCUT2D eigenvalue weighted by Gasteiger charge is 2.11. The number of carbonyl (C=O) groups is 1. The first kappa shape index (κ1) is 20.7. The zero-order valence-corrected chi connectivity index (χ0v) is 17.8. The quantitative estimate of drug-likeness (QED) is 0.444. The first-order valence-electron chi connectivity index (χ1n) is 10.6. The van der Waals surface area contributed by atoms with E-state index in [1.54, 1.807) is 0 Å². The Balaban J connectivity index is 1.37. The third-order valence-electron chi connectivity index (χ3n) is 5.22. The van der Waals surface area contributed by atoms with Crippen LogP contribution in [-0.2, 0) is 24.2 Å².